The van der Waals surface area contributed by atoms with Crippen LogP contribution in [0, 0.1) is 5.82 Å². The monoisotopic (exact) mass is 414 g/mol. The van der Waals surface area contributed by atoms with E-state index in [-0.39, 0.29) is 17.7 Å². The van der Waals surface area contributed by atoms with Gasteiger partial charge in [0, 0.05) is 36.7 Å². The minimum Gasteiger partial charge on any atom is -0.444 e. The van der Waals surface area contributed by atoms with Crippen molar-refractivity contribution in [2.45, 2.75) is 57.7 Å². The molecule has 1 aromatic carbocycles. The van der Waals surface area contributed by atoms with Crippen LogP contribution in [-0.2, 0) is 18.2 Å². The number of alkyl halides is 3. The number of aryl methyl sites for hydroxylation is 1. The van der Waals surface area contributed by atoms with Crippen molar-refractivity contribution in [2.24, 2.45) is 7.05 Å². The molecule has 0 saturated carbocycles. The van der Waals surface area contributed by atoms with E-state index in [9.17, 15) is 22.4 Å². The molecule has 1 fully saturated rings. The highest BCUT2D eigenvalue weighted by Gasteiger charge is 2.31. The van der Waals surface area contributed by atoms with Crippen LogP contribution in [0.1, 0.15) is 50.8 Å². The molecule has 0 spiro atoms. The standard InChI is InChI=1S/C21H26F4N2O2/c1-20(2,3)29-19(28)27-7-5-13(6-8-27)16-11-18-14(10-17(16)22)9-15(26(18)4)12-21(23,24)25/h9-11,13H,5-8,12H2,1-4H3. The van der Waals surface area contributed by atoms with Gasteiger partial charge < -0.3 is 14.2 Å². The van der Waals surface area contributed by atoms with Gasteiger partial charge >= 0.3 is 12.3 Å². The zero-order valence-electron chi connectivity index (χ0n) is 17.1. The SMILES string of the molecule is Cn1c(CC(F)(F)F)cc2cc(F)c(C3CCN(C(=O)OC(C)(C)C)CC3)cc21. The van der Waals surface area contributed by atoms with E-state index in [4.69, 9.17) is 4.74 Å². The zero-order valence-corrected chi connectivity index (χ0v) is 17.1. The van der Waals surface area contributed by atoms with E-state index in [1.165, 1.54) is 16.7 Å². The molecule has 2 heterocycles. The lowest BCUT2D eigenvalue weighted by atomic mass is 9.88. The lowest BCUT2D eigenvalue weighted by molar-refractivity contribution is -0.128. The van der Waals surface area contributed by atoms with E-state index in [0.29, 0.717) is 42.4 Å². The molecule has 0 radical (unpaired) electrons. The average Bonchev–Trinajstić information content (AvgIpc) is 2.86. The van der Waals surface area contributed by atoms with Crippen LogP contribution in [0.2, 0.25) is 0 Å². The third-order valence-electron chi connectivity index (χ3n) is 5.23. The molecule has 1 aliphatic rings. The fourth-order valence-electron chi connectivity index (χ4n) is 3.82. The lowest BCUT2D eigenvalue weighted by Crippen LogP contribution is -2.41. The zero-order chi connectivity index (χ0) is 21.6. The molecule has 1 aromatic heterocycles. The quantitative estimate of drug-likeness (QED) is 0.605. The number of likely N-dealkylation sites (tertiary alicyclic amines) is 1. The number of halogens is 4. The van der Waals surface area contributed by atoms with E-state index in [0.717, 1.165) is 0 Å². The highest BCUT2D eigenvalue weighted by molar-refractivity contribution is 5.82. The number of carbonyl (C=O) groups excluding carboxylic acids is 1. The predicted octanol–water partition coefficient (Wildman–Crippen LogP) is 5.54. The molecule has 2 aromatic rings. The number of rotatable bonds is 2. The van der Waals surface area contributed by atoms with Gasteiger partial charge in [0.05, 0.1) is 6.42 Å². The van der Waals surface area contributed by atoms with Crippen LogP contribution >= 0.6 is 0 Å². The maximum atomic E-state index is 14.7. The Morgan fingerprint density at radius 2 is 1.76 bits per heavy atom. The molecule has 8 heteroatoms. The van der Waals surface area contributed by atoms with Crippen LogP contribution in [0.25, 0.3) is 10.9 Å². The van der Waals surface area contributed by atoms with Crippen LogP contribution < -0.4 is 0 Å². The predicted molar refractivity (Wildman–Crippen MR) is 102 cm³/mol. The molecule has 29 heavy (non-hydrogen) atoms. The first-order chi connectivity index (χ1) is 13.3. The molecule has 1 saturated heterocycles. The molecule has 0 unspecified atom stereocenters. The van der Waals surface area contributed by atoms with Gasteiger partial charge in [0.2, 0.25) is 0 Å². The van der Waals surface area contributed by atoms with Crippen molar-refractivity contribution in [1.29, 1.82) is 0 Å². The van der Waals surface area contributed by atoms with E-state index in [2.05, 4.69) is 0 Å². The Labute approximate surface area is 167 Å². The van der Waals surface area contributed by atoms with E-state index in [1.807, 2.05) is 0 Å². The molecule has 0 bridgehead atoms. The maximum Gasteiger partial charge on any atom is 0.410 e. The molecule has 1 aliphatic heterocycles. The second-order valence-corrected chi connectivity index (χ2v) is 8.66. The molecular formula is C21H26F4N2O2. The first-order valence-electron chi connectivity index (χ1n) is 9.66. The van der Waals surface area contributed by atoms with E-state index >= 15 is 0 Å². The molecule has 160 valence electrons. The number of hydrogen-bond acceptors (Lipinski definition) is 2. The Balaban J connectivity index is 1.78. The molecule has 1 amide bonds. The number of amides is 1. The fraction of sp³-hybridized carbons (Fsp3) is 0.571. The first kappa shape index (κ1) is 21.5. The molecule has 0 atom stereocenters. The van der Waals surface area contributed by atoms with Crippen molar-refractivity contribution in [1.82, 2.24) is 9.47 Å². The Bertz CT molecular complexity index is 904. The van der Waals surface area contributed by atoms with Gasteiger partial charge in [0.1, 0.15) is 11.4 Å². The summed E-state index contributed by atoms with van der Waals surface area (Å²) < 4.78 is 59.9. The first-order valence-corrected chi connectivity index (χ1v) is 9.66. The minimum absolute atomic E-state index is 0.0981. The molecular weight excluding hydrogens is 388 g/mol. The summed E-state index contributed by atoms with van der Waals surface area (Å²) in [5.74, 6) is -0.517. The van der Waals surface area contributed by atoms with Crippen LogP contribution in [0.4, 0.5) is 22.4 Å². The molecule has 0 N–H and O–H groups in total. The topological polar surface area (TPSA) is 34.5 Å². The average molecular weight is 414 g/mol. The third-order valence-corrected chi connectivity index (χ3v) is 5.23. The van der Waals surface area contributed by atoms with Crippen LogP contribution in [-0.4, -0.2) is 40.4 Å². The summed E-state index contributed by atoms with van der Waals surface area (Å²) in [6, 6.07) is 4.35. The summed E-state index contributed by atoms with van der Waals surface area (Å²) in [5, 5.41) is 0.458. The second-order valence-electron chi connectivity index (χ2n) is 8.66. The van der Waals surface area contributed by atoms with Gasteiger partial charge in [-0.15, -0.1) is 0 Å². The van der Waals surface area contributed by atoms with Crippen molar-refractivity contribution < 1.29 is 27.1 Å². The van der Waals surface area contributed by atoms with Crippen molar-refractivity contribution in [3.8, 4) is 0 Å². The maximum absolute atomic E-state index is 14.7. The Hall–Kier alpha value is -2.25. The van der Waals surface area contributed by atoms with Crippen molar-refractivity contribution in [3.05, 3.63) is 35.3 Å². The smallest absolute Gasteiger partial charge is 0.410 e. The van der Waals surface area contributed by atoms with Crippen molar-refractivity contribution >= 4 is 17.0 Å². The number of carbonyl (C=O) groups is 1. The lowest BCUT2D eigenvalue weighted by Gasteiger charge is -2.33. The number of benzene rings is 1. The normalized spacial score (nSPS) is 16.5. The molecule has 0 aliphatic carbocycles. The third kappa shape index (κ3) is 5.03. The van der Waals surface area contributed by atoms with Crippen molar-refractivity contribution in [3.63, 3.8) is 0 Å². The van der Waals surface area contributed by atoms with Gasteiger partial charge in [0.25, 0.3) is 0 Å². The van der Waals surface area contributed by atoms with Crippen LogP contribution in [0.5, 0.6) is 0 Å². The highest BCUT2D eigenvalue weighted by Crippen LogP contribution is 2.34. The van der Waals surface area contributed by atoms with Crippen molar-refractivity contribution in [2.75, 3.05) is 13.1 Å². The Morgan fingerprint density at radius 1 is 1.14 bits per heavy atom. The fourth-order valence-corrected chi connectivity index (χ4v) is 3.82. The van der Waals surface area contributed by atoms with Gasteiger partial charge in [0.15, 0.2) is 0 Å². The highest BCUT2D eigenvalue weighted by atomic mass is 19.4. The summed E-state index contributed by atoms with van der Waals surface area (Å²) in [7, 11) is 1.57. The van der Waals surface area contributed by atoms with Gasteiger partial charge in [-0.1, -0.05) is 0 Å². The van der Waals surface area contributed by atoms with E-state index < -0.39 is 24.0 Å². The Morgan fingerprint density at radius 3 is 2.31 bits per heavy atom. The summed E-state index contributed by atoms with van der Waals surface area (Å²) in [6.07, 6.45) is -4.61. The number of ether oxygens (including phenoxy) is 1. The number of nitrogens with zero attached hydrogens (tertiary/aromatic N) is 2. The summed E-state index contributed by atoms with van der Waals surface area (Å²) in [6.45, 7) is 6.30. The molecule has 4 nitrogen and oxygen atoms in total. The number of fused-ring (bicyclic) bond motifs is 1. The van der Waals surface area contributed by atoms with Crippen LogP contribution in [0.3, 0.4) is 0 Å². The van der Waals surface area contributed by atoms with Gasteiger partial charge in [-0.25, -0.2) is 9.18 Å². The number of aromatic nitrogens is 1. The number of hydrogen-bond donors (Lipinski definition) is 0. The Kier molecular flexibility index (Phi) is 5.58. The largest absolute Gasteiger partial charge is 0.444 e. The van der Waals surface area contributed by atoms with Gasteiger partial charge in [-0.05, 0) is 63.3 Å². The number of piperidine rings is 1. The summed E-state index contributed by atoms with van der Waals surface area (Å²) in [5.41, 5.74) is 0.589. The van der Waals surface area contributed by atoms with E-state index in [1.54, 1.807) is 38.8 Å². The summed E-state index contributed by atoms with van der Waals surface area (Å²) >= 11 is 0. The van der Waals surface area contributed by atoms with Crippen LogP contribution in [0.15, 0.2) is 18.2 Å². The summed E-state index contributed by atoms with van der Waals surface area (Å²) in [4.78, 5) is 13.8. The minimum atomic E-state index is -4.32. The molecule has 3 rings (SSSR count). The van der Waals surface area contributed by atoms with Gasteiger partial charge in [-0.2, -0.15) is 13.2 Å². The second kappa shape index (κ2) is 7.54. The van der Waals surface area contributed by atoms with Gasteiger partial charge in [-0.3, -0.25) is 0 Å².